The third kappa shape index (κ3) is 1.91. The minimum atomic E-state index is 0.564. The van der Waals surface area contributed by atoms with Gasteiger partial charge < -0.3 is 0 Å². The second kappa shape index (κ2) is 4.21. The highest BCUT2D eigenvalue weighted by atomic mass is 14.3. The molecule has 1 unspecified atom stereocenters. The summed E-state index contributed by atoms with van der Waals surface area (Å²) in [5.74, 6) is 0.564. The molecule has 0 saturated carbocycles. The molecule has 1 aliphatic rings. The first-order valence-corrected chi connectivity index (χ1v) is 6.15. The second-order valence-electron chi connectivity index (χ2n) is 4.76. The minimum absolute atomic E-state index is 0.564. The Hall–Kier alpha value is -1.82. The Labute approximate surface area is 103 Å². The van der Waals surface area contributed by atoms with Crippen molar-refractivity contribution in [2.75, 3.05) is 0 Å². The Morgan fingerprint density at radius 2 is 1.59 bits per heavy atom. The maximum absolute atomic E-state index is 2.32. The van der Waals surface area contributed by atoms with E-state index in [0.29, 0.717) is 5.92 Å². The van der Waals surface area contributed by atoms with Crippen LogP contribution in [0.15, 0.2) is 60.2 Å². The van der Waals surface area contributed by atoms with Crippen LogP contribution in [0.5, 0.6) is 0 Å². The van der Waals surface area contributed by atoms with Crippen LogP contribution in [0.4, 0.5) is 0 Å². The van der Waals surface area contributed by atoms with Crippen molar-refractivity contribution in [1.82, 2.24) is 0 Å². The lowest BCUT2D eigenvalue weighted by atomic mass is 9.90. The predicted octanol–water partition coefficient (Wildman–Crippen LogP) is 4.43. The summed E-state index contributed by atoms with van der Waals surface area (Å²) < 4.78 is 0. The van der Waals surface area contributed by atoms with Crippen LogP contribution in [-0.4, -0.2) is 0 Å². The first kappa shape index (κ1) is 10.3. The van der Waals surface area contributed by atoms with Crippen molar-refractivity contribution in [2.24, 2.45) is 0 Å². The molecule has 1 atom stereocenters. The Bertz CT molecular complexity index is 549. The first-order chi connectivity index (χ1) is 8.34. The Morgan fingerprint density at radius 1 is 0.882 bits per heavy atom. The van der Waals surface area contributed by atoms with Crippen LogP contribution >= 0.6 is 0 Å². The van der Waals surface area contributed by atoms with E-state index in [1.807, 2.05) is 0 Å². The molecule has 0 spiro atoms. The molecule has 2 aromatic carbocycles. The van der Waals surface area contributed by atoms with Gasteiger partial charge in [-0.15, -0.1) is 0 Å². The Morgan fingerprint density at radius 3 is 2.41 bits per heavy atom. The van der Waals surface area contributed by atoms with E-state index in [9.17, 15) is 0 Å². The molecule has 0 nitrogen and oxygen atoms in total. The van der Waals surface area contributed by atoms with Gasteiger partial charge in [-0.05, 0) is 30.0 Å². The number of benzene rings is 2. The third-order valence-electron chi connectivity index (χ3n) is 3.59. The molecule has 0 saturated heterocycles. The molecule has 0 aliphatic heterocycles. The number of allylic oxidation sites excluding steroid dienone is 1. The van der Waals surface area contributed by atoms with Gasteiger partial charge in [0, 0.05) is 5.92 Å². The van der Waals surface area contributed by atoms with Crippen molar-refractivity contribution in [3.05, 3.63) is 76.9 Å². The lowest BCUT2D eigenvalue weighted by Crippen LogP contribution is -2.01. The van der Waals surface area contributed by atoms with Crippen molar-refractivity contribution in [3.63, 3.8) is 0 Å². The van der Waals surface area contributed by atoms with Crippen LogP contribution in [0.3, 0.4) is 0 Å². The van der Waals surface area contributed by atoms with Crippen molar-refractivity contribution >= 4 is 6.08 Å². The van der Waals surface area contributed by atoms with Crippen molar-refractivity contribution in [2.45, 2.75) is 19.3 Å². The third-order valence-corrected chi connectivity index (χ3v) is 3.59. The summed E-state index contributed by atoms with van der Waals surface area (Å²) in [6, 6.07) is 19.5. The number of hydrogen-bond acceptors (Lipinski definition) is 0. The molecule has 0 amide bonds. The van der Waals surface area contributed by atoms with E-state index in [2.05, 4.69) is 67.6 Å². The van der Waals surface area contributed by atoms with E-state index in [4.69, 9.17) is 0 Å². The van der Waals surface area contributed by atoms with E-state index in [-0.39, 0.29) is 0 Å². The Kier molecular flexibility index (Phi) is 2.56. The fraction of sp³-hybridized carbons (Fsp3) is 0.176. The lowest BCUT2D eigenvalue weighted by Gasteiger charge is -2.14. The number of hydrogen-bond donors (Lipinski definition) is 0. The quantitative estimate of drug-likeness (QED) is 0.702. The molecule has 0 radical (unpaired) electrons. The van der Waals surface area contributed by atoms with Crippen LogP contribution in [-0.2, 0) is 6.42 Å². The summed E-state index contributed by atoms with van der Waals surface area (Å²) in [5, 5.41) is 0. The normalized spacial score (nSPS) is 17.7. The molecule has 17 heavy (non-hydrogen) atoms. The van der Waals surface area contributed by atoms with Gasteiger partial charge in [0.25, 0.3) is 0 Å². The van der Waals surface area contributed by atoms with Gasteiger partial charge in [-0.25, -0.2) is 0 Å². The molecule has 0 N–H and O–H groups in total. The summed E-state index contributed by atoms with van der Waals surface area (Å²) in [6.07, 6.45) is 3.43. The summed E-state index contributed by atoms with van der Waals surface area (Å²) in [7, 11) is 0. The molecule has 0 fully saturated rings. The molecule has 0 aromatic heterocycles. The molecular formula is C17H16. The molecule has 84 valence electrons. The zero-order chi connectivity index (χ0) is 11.7. The van der Waals surface area contributed by atoms with Gasteiger partial charge in [0.1, 0.15) is 0 Å². The van der Waals surface area contributed by atoms with Crippen LogP contribution < -0.4 is 0 Å². The van der Waals surface area contributed by atoms with Gasteiger partial charge in [-0.3, -0.25) is 0 Å². The van der Waals surface area contributed by atoms with Gasteiger partial charge in [0.05, 0.1) is 0 Å². The fourth-order valence-corrected chi connectivity index (χ4v) is 2.67. The monoisotopic (exact) mass is 220 g/mol. The van der Waals surface area contributed by atoms with Gasteiger partial charge >= 0.3 is 0 Å². The largest absolute Gasteiger partial charge is 0.0649 e. The highest BCUT2D eigenvalue weighted by Gasteiger charge is 2.21. The maximum atomic E-state index is 2.32. The van der Waals surface area contributed by atoms with Crippen molar-refractivity contribution in [3.8, 4) is 0 Å². The number of rotatable bonds is 2. The smallest absolute Gasteiger partial charge is 0.00950 e. The summed E-state index contributed by atoms with van der Waals surface area (Å²) in [6.45, 7) is 2.24. The van der Waals surface area contributed by atoms with E-state index >= 15 is 0 Å². The van der Waals surface area contributed by atoms with Crippen molar-refractivity contribution < 1.29 is 0 Å². The zero-order valence-corrected chi connectivity index (χ0v) is 10.1. The van der Waals surface area contributed by atoms with E-state index in [1.165, 1.54) is 22.3 Å². The highest BCUT2D eigenvalue weighted by molar-refractivity contribution is 5.66. The van der Waals surface area contributed by atoms with Gasteiger partial charge in [0.2, 0.25) is 0 Å². The van der Waals surface area contributed by atoms with Gasteiger partial charge in [0.15, 0.2) is 0 Å². The highest BCUT2D eigenvalue weighted by Crippen LogP contribution is 2.37. The lowest BCUT2D eigenvalue weighted by molar-refractivity contribution is 0.804. The van der Waals surface area contributed by atoms with E-state index in [0.717, 1.165) is 6.42 Å². The maximum Gasteiger partial charge on any atom is 0.00950 e. The summed E-state index contributed by atoms with van der Waals surface area (Å²) >= 11 is 0. The SMILES string of the molecule is CC1=Cc2ccccc2C1Cc1ccccc1. The minimum Gasteiger partial charge on any atom is -0.0649 e. The van der Waals surface area contributed by atoms with Crippen LogP contribution in [0.25, 0.3) is 6.08 Å². The average molecular weight is 220 g/mol. The predicted molar refractivity (Wildman–Crippen MR) is 73.0 cm³/mol. The zero-order valence-electron chi connectivity index (χ0n) is 10.1. The van der Waals surface area contributed by atoms with Crippen molar-refractivity contribution in [1.29, 1.82) is 0 Å². The molecule has 0 bridgehead atoms. The van der Waals surface area contributed by atoms with Crippen LogP contribution in [0, 0.1) is 0 Å². The van der Waals surface area contributed by atoms with Gasteiger partial charge in [-0.2, -0.15) is 0 Å². The fourth-order valence-electron chi connectivity index (χ4n) is 2.67. The number of fused-ring (bicyclic) bond motifs is 1. The molecule has 1 aliphatic carbocycles. The summed E-state index contributed by atoms with van der Waals surface area (Å²) in [5.41, 5.74) is 5.77. The average Bonchev–Trinajstić information content (AvgIpc) is 2.68. The first-order valence-electron chi connectivity index (χ1n) is 6.15. The van der Waals surface area contributed by atoms with Crippen LogP contribution in [0.2, 0.25) is 0 Å². The van der Waals surface area contributed by atoms with E-state index < -0.39 is 0 Å². The molecule has 0 heterocycles. The molecule has 0 heteroatoms. The summed E-state index contributed by atoms with van der Waals surface area (Å²) in [4.78, 5) is 0. The van der Waals surface area contributed by atoms with E-state index in [1.54, 1.807) is 0 Å². The molecule has 3 rings (SSSR count). The molecule has 2 aromatic rings. The van der Waals surface area contributed by atoms with Crippen LogP contribution in [0.1, 0.15) is 29.5 Å². The second-order valence-corrected chi connectivity index (χ2v) is 4.76. The van der Waals surface area contributed by atoms with Gasteiger partial charge in [-0.1, -0.05) is 66.2 Å². The topological polar surface area (TPSA) is 0 Å². The Balaban J connectivity index is 1.93. The molecular weight excluding hydrogens is 204 g/mol. The standard InChI is InChI=1S/C17H16/c1-13-11-15-9-5-6-10-16(15)17(13)12-14-7-3-2-4-8-14/h2-11,17H,12H2,1H3.